The Labute approximate surface area is 336 Å². The molecular weight excluding hydrogens is 729 g/mol. The van der Waals surface area contributed by atoms with Crippen molar-refractivity contribution in [2.45, 2.75) is 40.5 Å². The van der Waals surface area contributed by atoms with E-state index in [0.717, 1.165) is 35.1 Å². The van der Waals surface area contributed by atoms with Crippen LogP contribution in [0.4, 0.5) is 22.7 Å². The third kappa shape index (κ3) is 5.37. The van der Waals surface area contributed by atoms with Crippen molar-refractivity contribution < 1.29 is 28.8 Å². The zero-order valence-electron chi connectivity index (χ0n) is 32.6. The zero-order chi connectivity index (χ0) is 40.3. The Kier molecular flexibility index (Phi) is 8.10. The molecule has 0 spiro atoms. The molecule has 0 radical (unpaired) electrons. The zero-order valence-corrected chi connectivity index (χ0v) is 32.6. The summed E-state index contributed by atoms with van der Waals surface area (Å²) in [5.74, 6) is -1.76. The maximum atomic E-state index is 13.4. The second-order valence-corrected chi connectivity index (χ2v) is 17.0. The summed E-state index contributed by atoms with van der Waals surface area (Å²) < 4.78 is 0. The van der Waals surface area contributed by atoms with Gasteiger partial charge in [-0.05, 0) is 159 Å². The quantitative estimate of drug-likeness (QED) is 0.145. The van der Waals surface area contributed by atoms with Crippen LogP contribution in [0.1, 0.15) is 58.5 Å². The molecule has 8 unspecified atom stereocenters. The van der Waals surface area contributed by atoms with E-state index in [9.17, 15) is 28.8 Å². The Morgan fingerprint density at radius 1 is 0.500 bits per heavy atom. The average molecular weight is 771 g/mol. The summed E-state index contributed by atoms with van der Waals surface area (Å²) in [7, 11) is 0. The molecule has 2 N–H and O–H groups in total. The number of imide groups is 2. The molecule has 2 saturated carbocycles. The molecule has 6 amide bonds. The van der Waals surface area contributed by atoms with E-state index in [4.69, 9.17) is 0 Å². The Morgan fingerprint density at radius 3 is 1.22 bits per heavy atom. The van der Waals surface area contributed by atoms with Crippen molar-refractivity contribution >= 4 is 58.2 Å². The molecule has 2 aliphatic heterocycles. The number of benzene rings is 4. The molecule has 8 atom stereocenters. The van der Waals surface area contributed by atoms with Gasteiger partial charge in [-0.3, -0.25) is 38.6 Å². The molecule has 6 aliphatic rings. The molecule has 4 aromatic carbocycles. The molecule has 58 heavy (non-hydrogen) atoms. The number of fused-ring (bicyclic) bond motifs is 10. The second kappa shape index (κ2) is 13.1. The third-order valence-corrected chi connectivity index (χ3v) is 13.8. The van der Waals surface area contributed by atoms with Crippen molar-refractivity contribution in [1.82, 2.24) is 0 Å². The van der Waals surface area contributed by atoms with Crippen molar-refractivity contribution in [1.29, 1.82) is 0 Å². The van der Waals surface area contributed by atoms with Gasteiger partial charge in [0.1, 0.15) is 0 Å². The Hall–Kier alpha value is -6.42. The minimum atomic E-state index is -0.307. The van der Waals surface area contributed by atoms with Crippen LogP contribution in [-0.2, 0) is 19.2 Å². The van der Waals surface area contributed by atoms with E-state index in [2.05, 4.69) is 22.8 Å². The highest BCUT2D eigenvalue weighted by atomic mass is 16.2. The molecule has 290 valence electrons. The van der Waals surface area contributed by atoms with Gasteiger partial charge in [-0.25, -0.2) is 0 Å². The van der Waals surface area contributed by atoms with Crippen molar-refractivity contribution in [2.24, 2.45) is 47.3 Å². The molecule has 10 nitrogen and oxygen atoms in total. The lowest BCUT2D eigenvalue weighted by Gasteiger charge is -2.19. The molecule has 4 aromatic rings. The van der Waals surface area contributed by atoms with Gasteiger partial charge in [0, 0.05) is 22.5 Å². The number of carbonyl (C=O) groups excluding carboxylic acids is 6. The van der Waals surface area contributed by atoms with Crippen LogP contribution in [-0.4, -0.2) is 35.4 Å². The van der Waals surface area contributed by atoms with Gasteiger partial charge in [0.15, 0.2) is 0 Å². The molecule has 10 rings (SSSR count). The van der Waals surface area contributed by atoms with Crippen LogP contribution in [0.2, 0.25) is 0 Å². The number of aryl methyl sites for hydroxylation is 2. The van der Waals surface area contributed by atoms with Gasteiger partial charge in [0.05, 0.1) is 35.0 Å². The Morgan fingerprint density at radius 2 is 0.862 bits per heavy atom. The van der Waals surface area contributed by atoms with Crippen LogP contribution in [0.5, 0.6) is 0 Å². The Bertz CT molecular complexity index is 2410. The number of carbonyl (C=O) groups is 6. The van der Waals surface area contributed by atoms with Gasteiger partial charge in [-0.2, -0.15) is 0 Å². The summed E-state index contributed by atoms with van der Waals surface area (Å²) in [6.07, 6.45) is 6.07. The summed E-state index contributed by atoms with van der Waals surface area (Å²) in [5, 5.41) is 5.93. The molecule has 10 heteroatoms. The first-order valence-electron chi connectivity index (χ1n) is 20.0. The summed E-state index contributed by atoms with van der Waals surface area (Å²) in [6.45, 7) is 8.04. The van der Waals surface area contributed by atoms with Crippen LogP contribution in [0.25, 0.3) is 11.1 Å². The molecule has 4 fully saturated rings. The van der Waals surface area contributed by atoms with E-state index in [1.807, 2.05) is 64.1 Å². The lowest BCUT2D eigenvalue weighted by Crippen LogP contribution is -2.33. The normalized spacial score (nSPS) is 27.6. The van der Waals surface area contributed by atoms with E-state index in [1.54, 1.807) is 48.5 Å². The predicted molar refractivity (Wildman–Crippen MR) is 220 cm³/mol. The number of nitrogens with zero attached hydrogens (tertiary/aromatic N) is 2. The van der Waals surface area contributed by atoms with E-state index in [-0.39, 0.29) is 82.8 Å². The monoisotopic (exact) mass is 770 g/mol. The van der Waals surface area contributed by atoms with Gasteiger partial charge >= 0.3 is 0 Å². The fraction of sp³-hybridized carbons (Fsp3) is 0.292. The van der Waals surface area contributed by atoms with E-state index >= 15 is 0 Å². The highest BCUT2D eigenvalue weighted by Gasteiger charge is 2.62. The van der Waals surface area contributed by atoms with Crippen LogP contribution < -0.4 is 20.4 Å². The SMILES string of the molecule is CC1=CC2CC1C1C(=O)N(c3ccc(C(=O)Nc4ccc(-c5ccc(NC(=O)c6ccc(N7C(=O)C8C9C=C(C)C(C9)C8C7=O)cc6)cc5C)c(C)c4)cc3)C(=O)C21. The molecule has 4 aliphatic carbocycles. The van der Waals surface area contributed by atoms with Crippen LogP contribution in [0.3, 0.4) is 0 Å². The Balaban J connectivity index is 0.770. The van der Waals surface area contributed by atoms with E-state index < -0.39 is 0 Å². The summed E-state index contributed by atoms with van der Waals surface area (Å²) >= 11 is 0. The number of hydrogen-bond acceptors (Lipinski definition) is 6. The van der Waals surface area contributed by atoms with Gasteiger partial charge < -0.3 is 10.6 Å². The smallest absolute Gasteiger partial charge is 0.255 e. The maximum Gasteiger partial charge on any atom is 0.255 e. The second-order valence-electron chi connectivity index (χ2n) is 17.0. The summed E-state index contributed by atoms with van der Waals surface area (Å²) in [4.78, 5) is 82.5. The number of allylic oxidation sites excluding steroid dienone is 4. The number of anilines is 4. The third-order valence-electron chi connectivity index (χ3n) is 13.8. The van der Waals surface area contributed by atoms with Crippen molar-refractivity contribution in [2.75, 3.05) is 20.4 Å². The van der Waals surface area contributed by atoms with Gasteiger partial charge in [0.25, 0.3) is 11.8 Å². The minimum Gasteiger partial charge on any atom is -0.322 e. The maximum absolute atomic E-state index is 13.4. The number of rotatable bonds is 7. The fourth-order valence-electron chi connectivity index (χ4n) is 11.1. The molecule has 0 aromatic heterocycles. The van der Waals surface area contributed by atoms with Gasteiger partial charge in [-0.15, -0.1) is 0 Å². The highest BCUT2D eigenvalue weighted by Crippen LogP contribution is 2.57. The largest absolute Gasteiger partial charge is 0.322 e. The topological polar surface area (TPSA) is 133 Å². The molecular formula is C48H42N4O6. The van der Waals surface area contributed by atoms with Gasteiger partial charge in [0.2, 0.25) is 23.6 Å². The highest BCUT2D eigenvalue weighted by molar-refractivity contribution is 6.24. The molecule has 4 bridgehead atoms. The fourth-order valence-corrected chi connectivity index (χ4v) is 11.1. The minimum absolute atomic E-state index is 0.131. The molecule has 2 heterocycles. The van der Waals surface area contributed by atoms with E-state index in [1.165, 1.54) is 20.9 Å². The van der Waals surface area contributed by atoms with Crippen LogP contribution in [0.15, 0.2) is 108 Å². The first kappa shape index (κ1) is 36.0. The first-order chi connectivity index (χ1) is 27.9. The van der Waals surface area contributed by atoms with Crippen molar-refractivity contribution in [3.63, 3.8) is 0 Å². The number of hydrogen-bond donors (Lipinski definition) is 2. The van der Waals surface area contributed by atoms with Crippen molar-refractivity contribution in [3.05, 3.63) is 130 Å². The van der Waals surface area contributed by atoms with Crippen LogP contribution >= 0.6 is 0 Å². The number of nitrogens with one attached hydrogen (secondary N) is 2. The lowest BCUT2D eigenvalue weighted by molar-refractivity contribution is -0.124. The summed E-state index contributed by atoms with van der Waals surface area (Å²) in [6, 6.07) is 24.6. The van der Waals surface area contributed by atoms with Crippen molar-refractivity contribution in [3.8, 4) is 11.1 Å². The standard InChI is InChI=1S/C48H42N4O6/c1-23-17-29-21-37(23)41-39(29)45(55)51(47(41)57)33-11-5-27(6-12-33)43(53)49-31-9-15-35(25(3)19-31)36-16-10-32(20-26(36)4)50-44(54)28-7-13-34(14-8-28)52-46(56)40-30-18-24(2)38(22-30)42(40)48(52)58/h5-20,29-30,37-42H,21-22H2,1-4H3,(H,49,53)(H,50,54). The van der Waals surface area contributed by atoms with Crippen LogP contribution in [0, 0.1) is 61.2 Å². The first-order valence-corrected chi connectivity index (χ1v) is 20.0. The molecule has 2 saturated heterocycles. The number of amides is 6. The average Bonchev–Trinajstić information content (AvgIpc) is 4.04. The van der Waals surface area contributed by atoms with E-state index in [0.29, 0.717) is 33.9 Å². The van der Waals surface area contributed by atoms with Gasteiger partial charge in [-0.1, -0.05) is 35.4 Å². The lowest BCUT2D eigenvalue weighted by atomic mass is 9.82. The predicted octanol–water partition coefficient (Wildman–Crippen LogP) is 7.88. The summed E-state index contributed by atoms with van der Waals surface area (Å²) in [5.41, 5.74) is 9.30.